The number of H-pyrrole nitrogens is 1. The van der Waals surface area contributed by atoms with Crippen molar-refractivity contribution in [3.8, 4) is 5.75 Å². The highest BCUT2D eigenvalue weighted by Crippen LogP contribution is 2.17. The summed E-state index contributed by atoms with van der Waals surface area (Å²) in [7, 11) is 1.58. The average Bonchev–Trinajstić information content (AvgIpc) is 2.07. The summed E-state index contributed by atoms with van der Waals surface area (Å²) < 4.78 is 5.11. The first-order chi connectivity index (χ1) is 6.13. The minimum absolute atomic E-state index is 0.121. The smallest absolute Gasteiger partial charge is 0.251 e. The van der Waals surface area contributed by atoms with E-state index in [1.54, 1.807) is 13.3 Å². The summed E-state index contributed by atoms with van der Waals surface area (Å²) in [6.45, 7) is 4.26. The Labute approximate surface area is 77.8 Å². The number of hydrogen-bond acceptors (Lipinski definition) is 2. The van der Waals surface area contributed by atoms with E-state index in [1.807, 2.05) is 0 Å². The highest BCUT2D eigenvalue weighted by Gasteiger charge is 2.05. The fraction of sp³-hybridized carbons (Fsp3) is 0.500. The Bertz CT molecular complexity index is 328. The van der Waals surface area contributed by atoms with E-state index in [0.29, 0.717) is 11.7 Å². The zero-order chi connectivity index (χ0) is 9.84. The Balaban J connectivity index is 2.99. The van der Waals surface area contributed by atoms with Crippen LogP contribution in [0.15, 0.2) is 17.1 Å². The summed E-state index contributed by atoms with van der Waals surface area (Å²) in [5.74, 6) is 1.23. The molecule has 0 spiro atoms. The molecule has 0 aliphatic rings. The maximum absolute atomic E-state index is 11.0. The lowest BCUT2D eigenvalue weighted by Crippen LogP contribution is -2.07. The van der Waals surface area contributed by atoms with Gasteiger partial charge in [-0.3, -0.25) is 4.79 Å². The van der Waals surface area contributed by atoms with E-state index in [9.17, 15) is 4.79 Å². The number of nitrogens with one attached hydrogen (secondary N) is 1. The van der Waals surface area contributed by atoms with Crippen LogP contribution in [0.25, 0.3) is 0 Å². The van der Waals surface area contributed by atoms with Gasteiger partial charge in [0.25, 0.3) is 5.56 Å². The molecule has 0 unspecified atom stereocenters. The Kier molecular flexibility index (Phi) is 3.12. The van der Waals surface area contributed by atoms with Crippen molar-refractivity contribution < 1.29 is 4.74 Å². The molecular formula is C10H15NO2. The second-order valence-electron chi connectivity index (χ2n) is 3.49. The molecule has 0 radical (unpaired) electrons. The van der Waals surface area contributed by atoms with Crippen LogP contribution >= 0.6 is 0 Å². The average molecular weight is 181 g/mol. The zero-order valence-corrected chi connectivity index (χ0v) is 8.26. The molecule has 1 aromatic heterocycles. The standard InChI is InChI=1S/C10H15NO2/c1-7(2)4-8-6-11-10(12)5-9(8)13-3/h5-7H,4H2,1-3H3,(H,11,12). The maximum atomic E-state index is 11.0. The van der Waals surface area contributed by atoms with Gasteiger partial charge in [-0.05, 0) is 12.3 Å². The van der Waals surface area contributed by atoms with Crippen molar-refractivity contribution in [2.75, 3.05) is 7.11 Å². The molecule has 72 valence electrons. The molecule has 0 aliphatic heterocycles. The van der Waals surface area contributed by atoms with Gasteiger partial charge >= 0.3 is 0 Å². The summed E-state index contributed by atoms with van der Waals surface area (Å²) in [6.07, 6.45) is 2.64. The van der Waals surface area contributed by atoms with Gasteiger partial charge in [-0.15, -0.1) is 0 Å². The van der Waals surface area contributed by atoms with Crippen molar-refractivity contribution in [3.63, 3.8) is 0 Å². The molecule has 1 aromatic rings. The van der Waals surface area contributed by atoms with Gasteiger partial charge in [0.2, 0.25) is 0 Å². The predicted octanol–water partition coefficient (Wildman–Crippen LogP) is 1.58. The Morgan fingerprint density at radius 1 is 1.54 bits per heavy atom. The highest BCUT2D eigenvalue weighted by atomic mass is 16.5. The molecule has 3 nitrogen and oxygen atoms in total. The fourth-order valence-electron chi connectivity index (χ4n) is 1.27. The van der Waals surface area contributed by atoms with Crippen LogP contribution < -0.4 is 10.3 Å². The van der Waals surface area contributed by atoms with Crippen molar-refractivity contribution >= 4 is 0 Å². The van der Waals surface area contributed by atoms with Crippen molar-refractivity contribution in [2.24, 2.45) is 5.92 Å². The molecule has 3 heteroatoms. The Hall–Kier alpha value is -1.25. The van der Waals surface area contributed by atoms with Crippen LogP contribution in [-0.2, 0) is 6.42 Å². The number of pyridine rings is 1. The first kappa shape index (κ1) is 9.84. The van der Waals surface area contributed by atoms with Gasteiger partial charge in [-0.25, -0.2) is 0 Å². The normalized spacial score (nSPS) is 10.5. The number of hydrogen-bond donors (Lipinski definition) is 1. The summed E-state index contributed by atoms with van der Waals surface area (Å²) in [5.41, 5.74) is 0.932. The monoisotopic (exact) mass is 181 g/mol. The van der Waals surface area contributed by atoms with E-state index in [0.717, 1.165) is 12.0 Å². The van der Waals surface area contributed by atoms with Crippen LogP contribution in [0.4, 0.5) is 0 Å². The van der Waals surface area contributed by atoms with Gasteiger partial charge in [0.05, 0.1) is 7.11 Å². The molecule has 0 atom stereocenters. The first-order valence-electron chi connectivity index (χ1n) is 4.39. The predicted molar refractivity (Wildman–Crippen MR) is 52.2 cm³/mol. The number of rotatable bonds is 3. The molecule has 0 aliphatic carbocycles. The van der Waals surface area contributed by atoms with Crippen LogP contribution in [0.3, 0.4) is 0 Å². The third-order valence-electron chi connectivity index (χ3n) is 1.82. The number of aromatic amines is 1. The summed E-state index contributed by atoms with van der Waals surface area (Å²) in [5, 5.41) is 0. The molecule has 1 rings (SSSR count). The van der Waals surface area contributed by atoms with Crippen LogP contribution in [0, 0.1) is 5.92 Å². The van der Waals surface area contributed by atoms with E-state index >= 15 is 0 Å². The number of methoxy groups -OCH3 is 1. The zero-order valence-electron chi connectivity index (χ0n) is 8.26. The molecule has 0 bridgehead atoms. The van der Waals surface area contributed by atoms with E-state index in [1.165, 1.54) is 6.07 Å². The summed E-state index contributed by atoms with van der Waals surface area (Å²) >= 11 is 0. The molecule has 0 saturated carbocycles. The van der Waals surface area contributed by atoms with E-state index < -0.39 is 0 Å². The molecule has 0 fully saturated rings. The molecule has 0 aromatic carbocycles. The van der Waals surface area contributed by atoms with E-state index in [2.05, 4.69) is 18.8 Å². The molecule has 0 amide bonds. The Morgan fingerprint density at radius 2 is 2.23 bits per heavy atom. The number of ether oxygens (including phenoxy) is 1. The minimum atomic E-state index is -0.121. The van der Waals surface area contributed by atoms with Crippen LogP contribution in [0.2, 0.25) is 0 Å². The maximum Gasteiger partial charge on any atom is 0.251 e. The second-order valence-corrected chi connectivity index (χ2v) is 3.49. The SMILES string of the molecule is COc1cc(=O)[nH]cc1CC(C)C. The first-order valence-corrected chi connectivity index (χ1v) is 4.39. The van der Waals surface area contributed by atoms with Crippen LogP contribution in [-0.4, -0.2) is 12.1 Å². The van der Waals surface area contributed by atoms with Gasteiger partial charge in [0.1, 0.15) is 5.75 Å². The molecular weight excluding hydrogens is 166 g/mol. The lowest BCUT2D eigenvalue weighted by molar-refractivity contribution is 0.405. The molecule has 1 N–H and O–H groups in total. The quantitative estimate of drug-likeness (QED) is 0.769. The van der Waals surface area contributed by atoms with Gasteiger partial charge in [-0.1, -0.05) is 13.8 Å². The topological polar surface area (TPSA) is 42.1 Å². The van der Waals surface area contributed by atoms with Gasteiger partial charge in [0.15, 0.2) is 0 Å². The minimum Gasteiger partial charge on any atom is -0.496 e. The largest absolute Gasteiger partial charge is 0.496 e. The summed E-state index contributed by atoms with van der Waals surface area (Å²) in [6, 6.07) is 1.48. The summed E-state index contributed by atoms with van der Waals surface area (Å²) in [4.78, 5) is 13.6. The van der Waals surface area contributed by atoms with Crippen molar-refractivity contribution in [1.82, 2.24) is 4.98 Å². The van der Waals surface area contributed by atoms with Crippen molar-refractivity contribution in [2.45, 2.75) is 20.3 Å². The van der Waals surface area contributed by atoms with Crippen molar-refractivity contribution in [3.05, 3.63) is 28.2 Å². The van der Waals surface area contributed by atoms with Gasteiger partial charge in [-0.2, -0.15) is 0 Å². The third-order valence-corrected chi connectivity index (χ3v) is 1.82. The van der Waals surface area contributed by atoms with Crippen molar-refractivity contribution in [1.29, 1.82) is 0 Å². The third kappa shape index (κ3) is 2.61. The lowest BCUT2D eigenvalue weighted by atomic mass is 10.0. The molecule has 13 heavy (non-hydrogen) atoms. The molecule has 0 saturated heterocycles. The second kappa shape index (κ2) is 4.12. The Morgan fingerprint density at radius 3 is 2.77 bits per heavy atom. The van der Waals surface area contributed by atoms with Crippen LogP contribution in [0.1, 0.15) is 19.4 Å². The van der Waals surface area contributed by atoms with E-state index in [4.69, 9.17) is 4.74 Å². The van der Waals surface area contributed by atoms with Gasteiger partial charge < -0.3 is 9.72 Å². The lowest BCUT2D eigenvalue weighted by Gasteiger charge is -2.08. The van der Waals surface area contributed by atoms with E-state index in [-0.39, 0.29) is 5.56 Å². The van der Waals surface area contributed by atoms with Crippen LogP contribution in [0.5, 0.6) is 5.75 Å². The fourth-order valence-corrected chi connectivity index (χ4v) is 1.27. The number of aromatic nitrogens is 1. The molecule has 1 heterocycles. The van der Waals surface area contributed by atoms with Gasteiger partial charge in [0, 0.05) is 17.8 Å². The highest BCUT2D eigenvalue weighted by molar-refractivity contribution is 5.30.